The first-order valence-corrected chi connectivity index (χ1v) is 8.76. The molecule has 0 saturated heterocycles. The topological polar surface area (TPSA) is 88.1 Å². The van der Waals surface area contributed by atoms with Gasteiger partial charge in [0, 0.05) is 31.2 Å². The highest BCUT2D eigenvalue weighted by Crippen LogP contribution is 2.15. The zero-order chi connectivity index (χ0) is 19.6. The maximum Gasteiger partial charge on any atom is 0.410 e. The molecule has 7 heteroatoms. The molecular formula is C19H30N2O5. The van der Waals surface area contributed by atoms with Gasteiger partial charge in [-0.05, 0) is 33.3 Å². The van der Waals surface area contributed by atoms with Crippen LogP contribution in [0.1, 0.15) is 39.7 Å². The van der Waals surface area contributed by atoms with Crippen LogP contribution in [0, 0.1) is 0 Å². The largest absolute Gasteiger partial charge is 0.449 e. The summed E-state index contributed by atoms with van der Waals surface area (Å²) < 4.78 is 10.4. The predicted octanol–water partition coefficient (Wildman–Crippen LogP) is 2.92. The second-order valence-corrected chi connectivity index (χ2v) is 7.08. The first-order chi connectivity index (χ1) is 12.2. The van der Waals surface area contributed by atoms with Crippen molar-refractivity contribution in [1.82, 2.24) is 10.2 Å². The van der Waals surface area contributed by atoms with Gasteiger partial charge in [-0.25, -0.2) is 9.59 Å². The fraction of sp³-hybridized carbons (Fsp3) is 0.579. The van der Waals surface area contributed by atoms with Crippen LogP contribution in [0.4, 0.5) is 9.59 Å². The van der Waals surface area contributed by atoms with Crippen LogP contribution in [-0.2, 0) is 16.1 Å². The molecule has 1 rings (SSSR count). The summed E-state index contributed by atoms with van der Waals surface area (Å²) in [5.74, 6) is 0. The molecule has 2 amide bonds. The second kappa shape index (κ2) is 10.7. The minimum atomic E-state index is -0.538. The second-order valence-electron chi connectivity index (χ2n) is 7.08. The van der Waals surface area contributed by atoms with Crippen LogP contribution in [-0.4, -0.2) is 53.5 Å². The number of nitrogens with one attached hydrogen (secondary N) is 1. The van der Waals surface area contributed by atoms with Crippen molar-refractivity contribution in [2.45, 2.75) is 52.3 Å². The predicted molar refractivity (Wildman–Crippen MR) is 98.7 cm³/mol. The van der Waals surface area contributed by atoms with Gasteiger partial charge in [0.2, 0.25) is 0 Å². The maximum absolute atomic E-state index is 12.3. The standard InChI is InChI=1S/C19H30N2O5/c1-15(20-17(23)26-14-16-9-6-5-7-10-16)13-21(19(2,3)4)18(24)25-12-8-11-22/h5-7,9-10,15,22H,8,11-14H2,1-4H3,(H,20,23). The number of hydrogen-bond donors (Lipinski definition) is 2. The van der Waals surface area contributed by atoms with E-state index in [1.807, 2.05) is 51.1 Å². The SMILES string of the molecule is CC(CN(C(=O)OCCCO)C(C)(C)C)NC(=O)OCc1ccccc1. The molecule has 1 aromatic carbocycles. The summed E-state index contributed by atoms with van der Waals surface area (Å²) in [7, 11) is 0. The van der Waals surface area contributed by atoms with Gasteiger partial charge in [-0.3, -0.25) is 0 Å². The highest BCUT2D eigenvalue weighted by Gasteiger charge is 2.29. The number of carbonyl (C=O) groups is 2. The summed E-state index contributed by atoms with van der Waals surface area (Å²) in [6, 6.07) is 9.08. The Bertz CT molecular complexity index is 557. The number of alkyl carbamates (subject to hydrolysis) is 1. The third kappa shape index (κ3) is 8.20. The van der Waals surface area contributed by atoms with Gasteiger partial charge in [-0.1, -0.05) is 30.3 Å². The molecule has 1 atom stereocenters. The van der Waals surface area contributed by atoms with E-state index in [4.69, 9.17) is 14.6 Å². The monoisotopic (exact) mass is 366 g/mol. The summed E-state index contributed by atoms with van der Waals surface area (Å²) >= 11 is 0. The average molecular weight is 366 g/mol. The maximum atomic E-state index is 12.3. The summed E-state index contributed by atoms with van der Waals surface area (Å²) in [5, 5.41) is 11.5. The number of rotatable bonds is 8. The van der Waals surface area contributed by atoms with Gasteiger partial charge in [0.25, 0.3) is 0 Å². The number of carbonyl (C=O) groups excluding carboxylic acids is 2. The highest BCUT2D eigenvalue weighted by molar-refractivity contribution is 5.69. The molecular weight excluding hydrogens is 336 g/mol. The van der Waals surface area contributed by atoms with Crippen LogP contribution in [0.5, 0.6) is 0 Å². The van der Waals surface area contributed by atoms with Gasteiger partial charge in [0.1, 0.15) is 6.61 Å². The molecule has 1 unspecified atom stereocenters. The van der Waals surface area contributed by atoms with Crippen LogP contribution in [0.3, 0.4) is 0 Å². The van der Waals surface area contributed by atoms with E-state index in [9.17, 15) is 9.59 Å². The Morgan fingerprint density at radius 1 is 1.19 bits per heavy atom. The number of benzene rings is 1. The Hall–Kier alpha value is -2.28. The van der Waals surface area contributed by atoms with Crippen molar-refractivity contribution in [3.63, 3.8) is 0 Å². The van der Waals surface area contributed by atoms with Crippen molar-refractivity contribution in [1.29, 1.82) is 0 Å². The molecule has 0 aromatic heterocycles. The van der Waals surface area contributed by atoms with Crippen LogP contribution in [0.15, 0.2) is 30.3 Å². The quantitative estimate of drug-likeness (QED) is 0.691. The number of amides is 2. The van der Waals surface area contributed by atoms with E-state index in [2.05, 4.69) is 5.32 Å². The van der Waals surface area contributed by atoms with E-state index in [1.165, 1.54) is 0 Å². The molecule has 146 valence electrons. The fourth-order valence-corrected chi connectivity index (χ4v) is 2.21. The normalized spacial score (nSPS) is 12.2. The zero-order valence-electron chi connectivity index (χ0n) is 16.0. The van der Waals surface area contributed by atoms with Gasteiger partial charge in [0.15, 0.2) is 0 Å². The Kier molecular flexibility index (Phi) is 8.92. The number of ether oxygens (including phenoxy) is 2. The molecule has 0 saturated carbocycles. The van der Waals surface area contributed by atoms with E-state index in [0.29, 0.717) is 6.42 Å². The van der Waals surface area contributed by atoms with E-state index in [1.54, 1.807) is 11.8 Å². The van der Waals surface area contributed by atoms with Gasteiger partial charge in [0.05, 0.1) is 6.61 Å². The molecule has 0 spiro atoms. The highest BCUT2D eigenvalue weighted by atomic mass is 16.6. The molecule has 1 aromatic rings. The Morgan fingerprint density at radius 2 is 1.85 bits per heavy atom. The number of aliphatic hydroxyl groups excluding tert-OH is 1. The number of aliphatic hydroxyl groups is 1. The number of hydrogen-bond acceptors (Lipinski definition) is 5. The lowest BCUT2D eigenvalue weighted by molar-refractivity contribution is 0.0584. The molecule has 0 heterocycles. The van der Waals surface area contributed by atoms with Crippen molar-refractivity contribution < 1.29 is 24.2 Å². The van der Waals surface area contributed by atoms with Crippen LogP contribution in [0.25, 0.3) is 0 Å². The first-order valence-electron chi connectivity index (χ1n) is 8.76. The molecule has 0 fully saturated rings. The van der Waals surface area contributed by atoms with Crippen LogP contribution in [0.2, 0.25) is 0 Å². The molecule has 0 aliphatic carbocycles. The Balaban J connectivity index is 2.50. The van der Waals surface area contributed by atoms with Gasteiger partial charge < -0.3 is 24.8 Å². The van der Waals surface area contributed by atoms with Crippen molar-refractivity contribution in [2.75, 3.05) is 19.8 Å². The minimum Gasteiger partial charge on any atom is -0.449 e. The smallest absolute Gasteiger partial charge is 0.410 e. The first kappa shape index (κ1) is 21.8. The lowest BCUT2D eigenvalue weighted by Crippen LogP contribution is -2.52. The van der Waals surface area contributed by atoms with Crippen molar-refractivity contribution in [2.24, 2.45) is 0 Å². The van der Waals surface area contributed by atoms with Crippen LogP contribution < -0.4 is 5.32 Å². The number of nitrogens with zero attached hydrogens (tertiary/aromatic N) is 1. The van der Waals surface area contributed by atoms with Gasteiger partial charge in [-0.2, -0.15) is 0 Å². The summed E-state index contributed by atoms with van der Waals surface area (Å²) in [4.78, 5) is 25.8. The van der Waals surface area contributed by atoms with Crippen molar-refractivity contribution >= 4 is 12.2 Å². The fourth-order valence-electron chi connectivity index (χ4n) is 2.21. The Morgan fingerprint density at radius 3 is 2.42 bits per heavy atom. The molecule has 26 heavy (non-hydrogen) atoms. The third-order valence-corrected chi connectivity index (χ3v) is 3.59. The summed E-state index contributed by atoms with van der Waals surface area (Å²) in [6.45, 7) is 8.05. The van der Waals surface area contributed by atoms with E-state index in [-0.39, 0.29) is 32.4 Å². The lowest BCUT2D eigenvalue weighted by Gasteiger charge is -2.36. The van der Waals surface area contributed by atoms with Crippen LogP contribution >= 0.6 is 0 Å². The van der Waals surface area contributed by atoms with Gasteiger partial charge >= 0.3 is 12.2 Å². The minimum absolute atomic E-state index is 0.0337. The van der Waals surface area contributed by atoms with E-state index < -0.39 is 17.7 Å². The van der Waals surface area contributed by atoms with Gasteiger partial charge in [-0.15, -0.1) is 0 Å². The summed E-state index contributed by atoms with van der Waals surface area (Å²) in [6.07, 6.45) is -0.621. The third-order valence-electron chi connectivity index (χ3n) is 3.59. The molecule has 0 bridgehead atoms. The average Bonchev–Trinajstić information content (AvgIpc) is 2.58. The molecule has 0 aliphatic heterocycles. The molecule has 0 aliphatic rings. The van der Waals surface area contributed by atoms with Crippen molar-refractivity contribution in [3.8, 4) is 0 Å². The Labute approximate surface area is 155 Å². The summed E-state index contributed by atoms with van der Waals surface area (Å²) in [5.41, 5.74) is 0.430. The molecule has 7 nitrogen and oxygen atoms in total. The zero-order valence-corrected chi connectivity index (χ0v) is 16.0. The van der Waals surface area contributed by atoms with Crippen molar-refractivity contribution in [3.05, 3.63) is 35.9 Å². The molecule has 2 N–H and O–H groups in total. The molecule has 0 radical (unpaired) electrons. The van der Waals surface area contributed by atoms with E-state index in [0.717, 1.165) is 5.56 Å². The lowest BCUT2D eigenvalue weighted by atomic mass is 10.1. The van der Waals surface area contributed by atoms with E-state index >= 15 is 0 Å².